The highest BCUT2D eigenvalue weighted by Gasteiger charge is 2.28. The normalized spacial score (nSPS) is 12.4. The van der Waals surface area contributed by atoms with Gasteiger partial charge in [0.05, 0.1) is 11.9 Å². The minimum atomic E-state index is -3.58. The summed E-state index contributed by atoms with van der Waals surface area (Å²) in [7, 11) is -3.58. The second-order valence-electron chi connectivity index (χ2n) is 6.04. The highest BCUT2D eigenvalue weighted by atomic mass is 35.5. The number of para-hydroxylation sites is 1. The molecule has 2 aromatic rings. The van der Waals surface area contributed by atoms with E-state index in [1.165, 1.54) is 0 Å². The molecule has 8 heteroatoms. The molecule has 0 aliphatic heterocycles. The summed E-state index contributed by atoms with van der Waals surface area (Å²) in [4.78, 5) is 12.4. The monoisotopic (exact) mass is 426 g/mol. The van der Waals surface area contributed by atoms with Crippen LogP contribution in [-0.2, 0) is 20.6 Å². The third kappa shape index (κ3) is 6.75. The number of carbonyl (C=O) groups is 1. The number of amides is 1. The van der Waals surface area contributed by atoms with E-state index in [0.717, 1.165) is 27.6 Å². The van der Waals surface area contributed by atoms with E-state index in [4.69, 9.17) is 11.6 Å². The molecule has 2 rings (SSSR count). The Morgan fingerprint density at radius 2 is 1.78 bits per heavy atom. The lowest BCUT2D eigenvalue weighted by atomic mass is 10.2. The SMILES string of the molecule is CC(C(=O)NCCSCc1ccc(Cl)cc1)N(c1ccccc1)S(C)(=O)=O. The summed E-state index contributed by atoms with van der Waals surface area (Å²) in [6, 6.07) is 15.4. The molecule has 1 amide bonds. The van der Waals surface area contributed by atoms with Gasteiger partial charge in [-0.05, 0) is 36.8 Å². The number of nitrogens with one attached hydrogen (secondary N) is 1. The largest absolute Gasteiger partial charge is 0.353 e. The fourth-order valence-corrected chi connectivity index (χ4v) is 4.67. The fraction of sp³-hybridized carbons (Fsp3) is 0.316. The second-order valence-corrected chi connectivity index (χ2v) is 9.44. The van der Waals surface area contributed by atoms with Gasteiger partial charge in [0.25, 0.3) is 0 Å². The molecule has 1 atom stereocenters. The molecule has 1 N–H and O–H groups in total. The van der Waals surface area contributed by atoms with Crippen molar-refractivity contribution in [2.75, 3.05) is 22.9 Å². The zero-order valence-electron chi connectivity index (χ0n) is 15.3. The average Bonchev–Trinajstić information content (AvgIpc) is 2.62. The van der Waals surface area contributed by atoms with Crippen molar-refractivity contribution in [1.82, 2.24) is 5.32 Å². The van der Waals surface area contributed by atoms with E-state index in [9.17, 15) is 13.2 Å². The van der Waals surface area contributed by atoms with Crippen LogP contribution in [0.25, 0.3) is 0 Å². The van der Waals surface area contributed by atoms with E-state index < -0.39 is 16.1 Å². The molecule has 0 bridgehead atoms. The minimum absolute atomic E-state index is 0.323. The summed E-state index contributed by atoms with van der Waals surface area (Å²) in [5.41, 5.74) is 1.64. The van der Waals surface area contributed by atoms with Gasteiger partial charge < -0.3 is 5.32 Å². The van der Waals surface area contributed by atoms with Crippen LogP contribution in [0.2, 0.25) is 5.02 Å². The Bertz CT molecular complexity index is 843. The van der Waals surface area contributed by atoms with E-state index in [1.54, 1.807) is 49.0 Å². The molecule has 0 saturated heterocycles. The number of anilines is 1. The quantitative estimate of drug-likeness (QED) is 0.623. The molecule has 0 fully saturated rings. The predicted octanol–water partition coefficient (Wildman–Crippen LogP) is 3.54. The Labute approximate surface area is 170 Å². The van der Waals surface area contributed by atoms with Gasteiger partial charge in [0.2, 0.25) is 15.9 Å². The van der Waals surface area contributed by atoms with Crippen LogP contribution in [0.5, 0.6) is 0 Å². The molecule has 1 unspecified atom stereocenters. The number of benzene rings is 2. The lowest BCUT2D eigenvalue weighted by Crippen LogP contribution is -2.48. The Morgan fingerprint density at radius 3 is 2.37 bits per heavy atom. The number of sulfonamides is 1. The molecule has 0 spiro atoms. The number of rotatable bonds is 9. The van der Waals surface area contributed by atoms with Crippen molar-refractivity contribution in [2.24, 2.45) is 0 Å². The maximum atomic E-state index is 12.4. The van der Waals surface area contributed by atoms with E-state index in [2.05, 4.69) is 5.32 Å². The number of thioether (sulfide) groups is 1. The van der Waals surface area contributed by atoms with Crippen LogP contribution in [0.1, 0.15) is 12.5 Å². The minimum Gasteiger partial charge on any atom is -0.353 e. The van der Waals surface area contributed by atoms with Crippen molar-refractivity contribution in [3.63, 3.8) is 0 Å². The lowest BCUT2D eigenvalue weighted by molar-refractivity contribution is -0.121. The van der Waals surface area contributed by atoms with Crippen LogP contribution < -0.4 is 9.62 Å². The van der Waals surface area contributed by atoms with Crippen molar-refractivity contribution >= 4 is 45.0 Å². The first-order valence-electron chi connectivity index (χ1n) is 8.43. The molecule has 0 saturated carbocycles. The summed E-state index contributed by atoms with van der Waals surface area (Å²) >= 11 is 7.55. The van der Waals surface area contributed by atoms with Crippen LogP contribution in [0.3, 0.4) is 0 Å². The summed E-state index contributed by atoms with van der Waals surface area (Å²) in [5, 5.41) is 3.52. The molecule has 146 valence electrons. The van der Waals surface area contributed by atoms with E-state index in [1.807, 2.05) is 24.3 Å². The Kier molecular flexibility index (Phi) is 8.01. The van der Waals surface area contributed by atoms with Crippen molar-refractivity contribution in [2.45, 2.75) is 18.7 Å². The van der Waals surface area contributed by atoms with Gasteiger partial charge in [-0.2, -0.15) is 11.8 Å². The Balaban J connectivity index is 1.85. The summed E-state index contributed by atoms with van der Waals surface area (Å²) in [6.07, 6.45) is 1.10. The number of carbonyl (C=O) groups excluding carboxylic acids is 1. The number of nitrogens with zero attached hydrogens (tertiary/aromatic N) is 1. The van der Waals surface area contributed by atoms with Gasteiger partial charge in [0.15, 0.2) is 0 Å². The summed E-state index contributed by atoms with van der Waals surface area (Å²) < 4.78 is 25.5. The van der Waals surface area contributed by atoms with Gasteiger partial charge in [-0.15, -0.1) is 0 Å². The summed E-state index contributed by atoms with van der Waals surface area (Å²) in [5.74, 6) is 1.23. The summed E-state index contributed by atoms with van der Waals surface area (Å²) in [6.45, 7) is 2.05. The maximum absolute atomic E-state index is 12.4. The zero-order chi connectivity index (χ0) is 19.9. The zero-order valence-corrected chi connectivity index (χ0v) is 17.7. The molecule has 0 radical (unpaired) electrons. The standard InChI is InChI=1S/C19H23ClN2O3S2/c1-15(22(27(2,24)25)18-6-4-3-5-7-18)19(23)21-12-13-26-14-16-8-10-17(20)11-9-16/h3-11,15H,12-14H2,1-2H3,(H,21,23). The molecular weight excluding hydrogens is 404 g/mol. The smallest absolute Gasteiger partial charge is 0.243 e. The highest BCUT2D eigenvalue weighted by molar-refractivity contribution is 7.98. The van der Waals surface area contributed by atoms with Crippen LogP contribution >= 0.6 is 23.4 Å². The van der Waals surface area contributed by atoms with E-state index >= 15 is 0 Å². The number of hydrogen-bond donors (Lipinski definition) is 1. The third-order valence-corrected chi connectivity index (χ3v) is 6.35. The van der Waals surface area contributed by atoms with Crippen LogP contribution in [0.15, 0.2) is 54.6 Å². The molecular formula is C19H23ClN2O3S2. The molecule has 0 aromatic heterocycles. The maximum Gasteiger partial charge on any atom is 0.243 e. The van der Waals surface area contributed by atoms with Gasteiger partial charge in [-0.1, -0.05) is 41.9 Å². The third-order valence-electron chi connectivity index (χ3n) is 3.83. The lowest BCUT2D eigenvalue weighted by Gasteiger charge is -2.28. The van der Waals surface area contributed by atoms with E-state index in [0.29, 0.717) is 17.3 Å². The molecule has 27 heavy (non-hydrogen) atoms. The number of hydrogen-bond acceptors (Lipinski definition) is 4. The highest BCUT2D eigenvalue weighted by Crippen LogP contribution is 2.20. The van der Waals surface area contributed by atoms with E-state index in [-0.39, 0.29) is 5.91 Å². The molecule has 2 aromatic carbocycles. The van der Waals surface area contributed by atoms with Crippen LogP contribution in [-0.4, -0.2) is 38.9 Å². The predicted molar refractivity (Wildman–Crippen MR) is 114 cm³/mol. The second kappa shape index (κ2) is 10.0. The Morgan fingerprint density at radius 1 is 1.15 bits per heavy atom. The fourth-order valence-electron chi connectivity index (χ4n) is 2.55. The first-order valence-corrected chi connectivity index (χ1v) is 11.8. The molecule has 0 heterocycles. The van der Waals surface area contributed by atoms with Crippen LogP contribution in [0, 0.1) is 0 Å². The molecule has 5 nitrogen and oxygen atoms in total. The molecule has 0 aliphatic carbocycles. The topological polar surface area (TPSA) is 66.5 Å². The van der Waals surface area contributed by atoms with Crippen molar-refractivity contribution in [3.05, 3.63) is 65.2 Å². The van der Waals surface area contributed by atoms with Crippen molar-refractivity contribution in [3.8, 4) is 0 Å². The van der Waals surface area contributed by atoms with Crippen molar-refractivity contribution < 1.29 is 13.2 Å². The molecule has 0 aliphatic rings. The first-order chi connectivity index (χ1) is 12.8. The first kappa shape index (κ1) is 21.6. The Hall–Kier alpha value is -1.70. The van der Waals surface area contributed by atoms with Gasteiger partial charge in [0, 0.05) is 23.1 Å². The van der Waals surface area contributed by atoms with Gasteiger partial charge in [-0.3, -0.25) is 9.10 Å². The number of halogens is 1. The van der Waals surface area contributed by atoms with Gasteiger partial charge >= 0.3 is 0 Å². The van der Waals surface area contributed by atoms with Gasteiger partial charge in [-0.25, -0.2) is 8.42 Å². The average molecular weight is 427 g/mol. The van der Waals surface area contributed by atoms with Crippen molar-refractivity contribution in [1.29, 1.82) is 0 Å². The van der Waals surface area contributed by atoms with Crippen LogP contribution in [0.4, 0.5) is 5.69 Å². The van der Waals surface area contributed by atoms with Gasteiger partial charge in [0.1, 0.15) is 6.04 Å².